The molecule has 1 aliphatic carbocycles. The van der Waals surface area contributed by atoms with Crippen LogP contribution < -0.4 is 5.32 Å². The van der Waals surface area contributed by atoms with Crippen molar-refractivity contribution in [1.82, 2.24) is 5.32 Å². The Morgan fingerprint density at radius 1 is 1.17 bits per heavy atom. The number of hydrogen-bond acceptors (Lipinski definition) is 2. The summed E-state index contributed by atoms with van der Waals surface area (Å²) < 4.78 is 0. The second-order valence-corrected chi connectivity index (χ2v) is 6.81. The van der Waals surface area contributed by atoms with Gasteiger partial charge in [0.1, 0.15) is 0 Å². The minimum Gasteiger partial charge on any atom is -0.481 e. The maximum Gasteiger partial charge on any atom is 0.308 e. The van der Waals surface area contributed by atoms with Crippen molar-refractivity contribution in [3.63, 3.8) is 0 Å². The van der Waals surface area contributed by atoms with E-state index in [0.717, 1.165) is 12.0 Å². The summed E-state index contributed by atoms with van der Waals surface area (Å²) in [4.78, 5) is 23.9. The van der Waals surface area contributed by atoms with Crippen LogP contribution in [0.1, 0.15) is 57.6 Å². The molecule has 2 rings (SSSR count). The molecule has 1 saturated carbocycles. The first-order valence-corrected chi connectivity index (χ1v) is 8.57. The number of benzene rings is 1. The van der Waals surface area contributed by atoms with Gasteiger partial charge in [-0.15, -0.1) is 0 Å². The number of carbonyl (C=O) groups is 2. The van der Waals surface area contributed by atoms with Crippen LogP contribution in [0.3, 0.4) is 0 Å². The van der Waals surface area contributed by atoms with Crippen LogP contribution in [0.25, 0.3) is 0 Å². The smallest absolute Gasteiger partial charge is 0.308 e. The van der Waals surface area contributed by atoms with Crippen molar-refractivity contribution >= 4 is 11.9 Å². The summed E-state index contributed by atoms with van der Waals surface area (Å²) in [5, 5.41) is 12.3. The Morgan fingerprint density at radius 3 is 2.35 bits per heavy atom. The van der Waals surface area contributed by atoms with Crippen molar-refractivity contribution in [2.24, 2.45) is 17.8 Å². The average Bonchev–Trinajstić information content (AvgIpc) is 3.05. The average molecular weight is 317 g/mol. The number of carboxylic acids is 1. The monoisotopic (exact) mass is 317 g/mol. The molecule has 1 amide bonds. The molecule has 0 heterocycles. The highest BCUT2D eigenvalue weighted by Gasteiger charge is 2.29. The predicted molar refractivity (Wildman–Crippen MR) is 89.9 cm³/mol. The Hall–Kier alpha value is -1.84. The van der Waals surface area contributed by atoms with Crippen LogP contribution in [0, 0.1) is 17.8 Å². The molecule has 1 aromatic carbocycles. The number of aliphatic carboxylic acids is 1. The Balaban J connectivity index is 2.04. The molecule has 23 heavy (non-hydrogen) atoms. The third-order valence-corrected chi connectivity index (χ3v) is 4.96. The Kier molecular flexibility index (Phi) is 6.20. The van der Waals surface area contributed by atoms with E-state index < -0.39 is 17.9 Å². The zero-order chi connectivity index (χ0) is 16.8. The molecule has 1 fully saturated rings. The Labute approximate surface area is 138 Å². The molecule has 0 saturated heterocycles. The molecule has 4 nitrogen and oxygen atoms in total. The van der Waals surface area contributed by atoms with E-state index in [-0.39, 0.29) is 11.8 Å². The number of rotatable bonds is 7. The summed E-state index contributed by atoms with van der Waals surface area (Å²) in [5.74, 6) is -1.05. The number of carbonyl (C=O) groups excluding carboxylic acids is 1. The van der Waals surface area contributed by atoms with Gasteiger partial charge in [0.25, 0.3) is 0 Å². The maximum atomic E-state index is 12.5. The zero-order valence-corrected chi connectivity index (χ0v) is 14.0. The summed E-state index contributed by atoms with van der Waals surface area (Å²) in [6.07, 6.45) is 5.86. The molecular weight excluding hydrogens is 290 g/mol. The Morgan fingerprint density at radius 2 is 1.78 bits per heavy atom. The second kappa shape index (κ2) is 8.14. The van der Waals surface area contributed by atoms with Gasteiger partial charge < -0.3 is 10.4 Å². The van der Waals surface area contributed by atoms with Crippen LogP contribution >= 0.6 is 0 Å². The SMILES string of the molecule is CC(CC1CCCC1)C(=O)NC(c1ccccc1)C(C)C(=O)O. The van der Waals surface area contributed by atoms with Crippen molar-refractivity contribution in [1.29, 1.82) is 0 Å². The minimum absolute atomic E-state index is 0.0427. The van der Waals surface area contributed by atoms with Crippen LogP contribution in [0.2, 0.25) is 0 Å². The molecule has 0 aromatic heterocycles. The number of amides is 1. The standard InChI is InChI=1S/C19H27NO3/c1-13(12-15-8-6-7-9-15)18(21)20-17(14(2)19(22)23)16-10-4-3-5-11-16/h3-5,10-11,13-15,17H,6-9,12H2,1-2H3,(H,20,21)(H,22,23). The maximum absolute atomic E-state index is 12.5. The zero-order valence-electron chi connectivity index (χ0n) is 14.0. The largest absolute Gasteiger partial charge is 0.481 e. The highest BCUT2D eigenvalue weighted by atomic mass is 16.4. The first-order chi connectivity index (χ1) is 11.0. The van der Waals surface area contributed by atoms with Crippen LogP contribution in [0.5, 0.6) is 0 Å². The van der Waals surface area contributed by atoms with Gasteiger partial charge in [-0.25, -0.2) is 0 Å². The molecule has 0 bridgehead atoms. The van der Waals surface area contributed by atoms with E-state index in [1.807, 2.05) is 37.3 Å². The number of hydrogen-bond donors (Lipinski definition) is 2. The van der Waals surface area contributed by atoms with E-state index in [9.17, 15) is 14.7 Å². The van der Waals surface area contributed by atoms with Crippen molar-refractivity contribution in [3.8, 4) is 0 Å². The van der Waals surface area contributed by atoms with Gasteiger partial charge in [0.2, 0.25) is 5.91 Å². The van der Waals surface area contributed by atoms with Crippen molar-refractivity contribution in [2.75, 3.05) is 0 Å². The molecule has 0 aliphatic heterocycles. The lowest BCUT2D eigenvalue weighted by atomic mass is 9.91. The fraction of sp³-hybridized carbons (Fsp3) is 0.579. The lowest BCUT2D eigenvalue weighted by Gasteiger charge is -2.25. The quantitative estimate of drug-likeness (QED) is 0.804. The summed E-state index contributed by atoms with van der Waals surface area (Å²) >= 11 is 0. The van der Waals surface area contributed by atoms with Gasteiger partial charge in [0.15, 0.2) is 0 Å². The molecule has 2 N–H and O–H groups in total. The topological polar surface area (TPSA) is 66.4 Å². The summed E-state index contributed by atoms with van der Waals surface area (Å²) in [6, 6.07) is 8.86. The summed E-state index contributed by atoms with van der Waals surface area (Å²) in [7, 11) is 0. The normalized spacial score (nSPS) is 19.0. The first kappa shape index (κ1) is 17.5. The highest BCUT2D eigenvalue weighted by molar-refractivity contribution is 5.80. The predicted octanol–water partition coefficient (Wildman–Crippen LogP) is 3.78. The van der Waals surface area contributed by atoms with Crippen LogP contribution in [0.4, 0.5) is 0 Å². The summed E-state index contributed by atoms with van der Waals surface area (Å²) in [6.45, 7) is 3.59. The van der Waals surface area contributed by atoms with Gasteiger partial charge in [-0.2, -0.15) is 0 Å². The van der Waals surface area contributed by atoms with Crippen molar-refractivity contribution in [3.05, 3.63) is 35.9 Å². The molecule has 0 radical (unpaired) electrons. The lowest BCUT2D eigenvalue weighted by Crippen LogP contribution is -2.38. The van der Waals surface area contributed by atoms with Gasteiger partial charge in [0.05, 0.1) is 12.0 Å². The minimum atomic E-state index is -0.900. The highest BCUT2D eigenvalue weighted by Crippen LogP contribution is 2.31. The fourth-order valence-electron chi connectivity index (χ4n) is 3.45. The molecule has 3 atom stereocenters. The molecule has 3 unspecified atom stereocenters. The van der Waals surface area contributed by atoms with Gasteiger partial charge in [-0.05, 0) is 24.8 Å². The van der Waals surface area contributed by atoms with Gasteiger partial charge >= 0.3 is 5.97 Å². The first-order valence-electron chi connectivity index (χ1n) is 8.57. The summed E-state index contributed by atoms with van der Waals surface area (Å²) in [5.41, 5.74) is 0.837. The lowest BCUT2D eigenvalue weighted by molar-refractivity contribution is -0.142. The van der Waals surface area contributed by atoms with Crippen LogP contribution in [0.15, 0.2) is 30.3 Å². The van der Waals surface area contributed by atoms with Crippen LogP contribution in [-0.2, 0) is 9.59 Å². The van der Waals surface area contributed by atoms with Crippen molar-refractivity contribution < 1.29 is 14.7 Å². The molecule has 4 heteroatoms. The fourth-order valence-corrected chi connectivity index (χ4v) is 3.45. The number of carboxylic acid groups (broad SMARTS) is 1. The van der Waals surface area contributed by atoms with Gasteiger partial charge in [-0.1, -0.05) is 62.9 Å². The third-order valence-electron chi connectivity index (χ3n) is 4.96. The Bertz CT molecular complexity index is 523. The van der Waals surface area contributed by atoms with E-state index in [2.05, 4.69) is 5.32 Å². The van der Waals surface area contributed by atoms with E-state index >= 15 is 0 Å². The van der Waals surface area contributed by atoms with Crippen molar-refractivity contribution in [2.45, 2.75) is 52.0 Å². The van der Waals surface area contributed by atoms with E-state index in [0.29, 0.717) is 5.92 Å². The molecule has 1 aromatic rings. The number of nitrogens with one attached hydrogen (secondary N) is 1. The van der Waals surface area contributed by atoms with Gasteiger partial charge in [0, 0.05) is 5.92 Å². The molecule has 1 aliphatic rings. The second-order valence-electron chi connectivity index (χ2n) is 6.81. The van der Waals surface area contributed by atoms with E-state index in [1.54, 1.807) is 6.92 Å². The third kappa shape index (κ3) is 4.81. The molecule has 0 spiro atoms. The molecular formula is C19H27NO3. The molecule has 126 valence electrons. The van der Waals surface area contributed by atoms with Crippen LogP contribution in [-0.4, -0.2) is 17.0 Å². The van der Waals surface area contributed by atoms with E-state index in [1.165, 1.54) is 25.7 Å². The van der Waals surface area contributed by atoms with E-state index in [4.69, 9.17) is 0 Å². The van der Waals surface area contributed by atoms with Gasteiger partial charge in [-0.3, -0.25) is 9.59 Å².